The predicted octanol–water partition coefficient (Wildman–Crippen LogP) is 4.42. The Kier molecular flexibility index (Phi) is 5.09. The number of carbonyl (C=O) groups is 1. The molecule has 0 unspecified atom stereocenters. The molecule has 2 aromatic carbocycles. The molecule has 1 heterocycles. The first-order valence-corrected chi connectivity index (χ1v) is 8.00. The summed E-state index contributed by atoms with van der Waals surface area (Å²) in [7, 11) is 1.35. The van der Waals surface area contributed by atoms with Gasteiger partial charge < -0.3 is 9.47 Å². The third-order valence-corrected chi connectivity index (χ3v) is 3.89. The molecule has 0 saturated heterocycles. The van der Waals surface area contributed by atoms with Crippen molar-refractivity contribution in [1.29, 1.82) is 0 Å². The third-order valence-electron chi connectivity index (χ3n) is 3.89. The van der Waals surface area contributed by atoms with Crippen molar-refractivity contribution >= 4 is 5.97 Å². The van der Waals surface area contributed by atoms with Crippen LogP contribution >= 0.6 is 0 Å². The summed E-state index contributed by atoms with van der Waals surface area (Å²) in [6, 6.07) is 19.7. The molecule has 3 rings (SSSR count). The first kappa shape index (κ1) is 16.7. The molecule has 1 aromatic heterocycles. The van der Waals surface area contributed by atoms with E-state index in [1.807, 2.05) is 67.6 Å². The van der Waals surface area contributed by atoms with E-state index in [-0.39, 0.29) is 0 Å². The lowest BCUT2D eigenvalue weighted by molar-refractivity contribution is 0.0593. The number of para-hydroxylation sites is 1. The number of carbonyl (C=O) groups excluding carboxylic acids is 1. The molecular formula is C21H19NO3. The average Bonchev–Trinajstić information content (AvgIpc) is 2.67. The molecule has 0 aliphatic rings. The zero-order chi connectivity index (χ0) is 17.6. The minimum absolute atomic E-state index is 0.328. The summed E-state index contributed by atoms with van der Waals surface area (Å²) < 4.78 is 10.7. The smallest absolute Gasteiger partial charge is 0.356 e. The summed E-state index contributed by atoms with van der Waals surface area (Å²) in [6.45, 7) is 2.33. The SMILES string of the molecule is COC(=O)c1ncc(-c2ccccc2OCc2ccccc2)cc1C. The second-order valence-electron chi connectivity index (χ2n) is 5.65. The summed E-state index contributed by atoms with van der Waals surface area (Å²) in [5, 5.41) is 0. The van der Waals surface area contributed by atoms with Gasteiger partial charge in [0.05, 0.1) is 7.11 Å². The van der Waals surface area contributed by atoms with Crippen LogP contribution in [0, 0.1) is 6.92 Å². The minimum Gasteiger partial charge on any atom is -0.488 e. The fraction of sp³-hybridized carbons (Fsp3) is 0.143. The van der Waals surface area contributed by atoms with E-state index in [9.17, 15) is 4.79 Å². The van der Waals surface area contributed by atoms with Gasteiger partial charge in [-0.15, -0.1) is 0 Å². The molecule has 0 radical (unpaired) electrons. The molecule has 0 N–H and O–H groups in total. The van der Waals surface area contributed by atoms with Gasteiger partial charge in [0.1, 0.15) is 12.4 Å². The highest BCUT2D eigenvalue weighted by atomic mass is 16.5. The van der Waals surface area contributed by atoms with E-state index in [1.54, 1.807) is 6.20 Å². The Morgan fingerprint density at radius 2 is 1.76 bits per heavy atom. The number of benzene rings is 2. The average molecular weight is 333 g/mol. The number of ether oxygens (including phenoxy) is 2. The Hall–Kier alpha value is -3.14. The summed E-state index contributed by atoms with van der Waals surface area (Å²) in [6.07, 6.45) is 1.67. The van der Waals surface area contributed by atoms with E-state index in [2.05, 4.69) is 4.98 Å². The van der Waals surface area contributed by atoms with Crippen LogP contribution in [0.2, 0.25) is 0 Å². The van der Waals surface area contributed by atoms with Gasteiger partial charge in [-0.25, -0.2) is 9.78 Å². The number of aromatic nitrogens is 1. The highest BCUT2D eigenvalue weighted by Gasteiger charge is 2.13. The van der Waals surface area contributed by atoms with Gasteiger partial charge in [-0.1, -0.05) is 48.5 Å². The molecule has 0 fully saturated rings. The minimum atomic E-state index is -0.433. The predicted molar refractivity (Wildman–Crippen MR) is 96.5 cm³/mol. The van der Waals surface area contributed by atoms with E-state index in [1.165, 1.54) is 7.11 Å². The second kappa shape index (κ2) is 7.62. The quantitative estimate of drug-likeness (QED) is 0.648. The summed E-state index contributed by atoms with van der Waals surface area (Å²) in [4.78, 5) is 16.0. The Morgan fingerprint density at radius 3 is 2.48 bits per heavy atom. The maximum absolute atomic E-state index is 11.7. The number of methoxy groups -OCH3 is 1. The van der Waals surface area contributed by atoms with E-state index in [0.29, 0.717) is 12.3 Å². The summed E-state index contributed by atoms with van der Waals surface area (Å²) in [5.41, 5.74) is 4.03. The first-order chi connectivity index (χ1) is 12.2. The maximum atomic E-state index is 11.7. The fourth-order valence-electron chi connectivity index (χ4n) is 2.60. The number of esters is 1. The Morgan fingerprint density at radius 1 is 1.04 bits per heavy atom. The third kappa shape index (κ3) is 3.86. The van der Waals surface area contributed by atoms with Crippen LogP contribution in [-0.2, 0) is 11.3 Å². The second-order valence-corrected chi connectivity index (χ2v) is 5.65. The number of hydrogen-bond donors (Lipinski definition) is 0. The molecule has 3 aromatic rings. The van der Waals surface area contributed by atoms with Crippen molar-refractivity contribution in [3.05, 3.63) is 83.7 Å². The summed E-state index contributed by atoms with van der Waals surface area (Å²) >= 11 is 0. The van der Waals surface area contributed by atoms with Gasteiger partial charge in [0.2, 0.25) is 0 Å². The van der Waals surface area contributed by atoms with Crippen LogP contribution in [0.1, 0.15) is 21.6 Å². The molecule has 0 aliphatic heterocycles. The Bertz CT molecular complexity index is 875. The van der Waals surface area contributed by atoms with Crippen molar-refractivity contribution in [1.82, 2.24) is 4.98 Å². The normalized spacial score (nSPS) is 10.3. The zero-order valence-corrected chi connectivity index (χ0v) is 14.2. The molecule has 4 heteroatoms. The molecule has 0 atom stereocenters. The zero-order valence-electron chi connectivity index (χ0n) is 14.2. The number of nitrogens with zero attached hydrogens (tertiary/aromatic N) is 1. The molecule has 0 aliphatic carbocycles. The highest BCUT2D eigenvalue weighted by molar-refractivity contribution is 5.89. The number of hydrogen-bond acceptors (Lipinski definition) is 4. The van der Waals surface area contributed by atoms with Gasteiger partial charge in [-0.2, -0.15) is 0 Å². The molecule has 0 bridgehead atoms. The molecule has 0 spiro atoms. The molecule has 0 amide bonds. The van der Waals surface area contributed by atoms with Crippen molar-refractivity contribution in [2.24, 2.45) is 0 Å². The van der Waals surface area contributed by atoms with Gasteiger partial charge in [0.25, 0.3) is 0 Å². The lowest BCUT2D eigenvalue weighted by Gasteiger charge is -2.13. The van der Waals surface area contributed by atoms with Gasteiger partial charge in [-0.05, 0) is 30.2 Å². The molecule has 0 saturated carbocycles. The highest BCUT2D eigenvalue weighted by Crippen LogP contribution is 2.31. The van der Waals surface area contributed by atoms with Crippen LogP contribution in [0.5, 0.6) is 5.75 Å². The van der Waals surface area contributed by atoms with Gasteiger partial charge in [0.15, 0.2) is 5.69 Å². The number of rotatable bonds is 5. The largest absolute Gasteiger partial charge is 0.488 e. The van der Waals surface area contributed by atoms with Crippen molar-refractivity contribution in [2.45, 2.75) is 13.5 Å². The fourth-order valence-corrected chi connectivity index (χ4v) is 2.60. The molecule has 25 heavy (non-hydrogen) atoms. The molecular weight excluding hydrogens is 314 g/mol. The van der Waals surface area contributed by atoms with Crippen LogP contribution in [0.25, 0.3) is 11.1 Å². The first-order valence-electron chi connectivity index (χ1n) is 8.00. The van der Waals surface area contributed by atoms with Crippen LogP contribution < -0.4 is 4.74 Å². The number of aryl methyl sites for hydroxylation is 1. The van der Waals surface area contributed by atoms with Crippen molar-refractivity contribution in [3.8, 4) is 16.9 Å². The van der Waals surface area contributed by atoms with E-state index < -0.39 is 5.97 Å². The van der Waals surface area contributed by atoms with Gasteiger partial charge >= 0.3 is 5.97 Å². The van der Waals surface area contributed by atoms with Crippen molar-refractivity contribution in [3.63, 3.8) is 0 Å². The lowest BCUT2D eigenvalue weighted by atomic mass is 10.0. The van der Waals surface area contributed by atoms with Crippen LogP contribution in [0.15, 0.2) is 66.9 Å². The van der Waals surface area contributed by atoms with Gasteiger partial charge in [-0.3, -0.25) is 0 Å². The van der Waals surface area contributed by atoms with Crippen LogP contribution in [0.4, 0.5) is 0 Å². The standard InChI is InChI=1S/C21H19NO3/c1-15-12-17(13-22-20(15)21(23)24-2)18-10-6-7-11-19(18)25-14-16-8-4-3-5-9-16/h3-13H,14H2,1-2H3. The molecule has 126 valence electrons. The van der Waals surface area contributed by atoms with E-state index >= 15 is 0 Å². The topological polar surface area (TPSA) is 48.4 Å². The maximum Gasteiger partial charge on any atom is 0.356 e. The van der Waals surface area contributed by atoms with Crippen LogP contribution in [-0.4, -0.2) is 18.1 Å². The van der Waals surface area contributed by atoms with Crippen LogP contribution in [0.3, 0.4) is 0 Å². The summed E-state index contributed by atoms with van der Waals surface area (Å²) in [5.74, 6) is 0.344. The number of pyridine rings is 1. The monoisotopic (exact) mass is 333 g/mol. The molecule has 4 nitrogen and oxygen atoms in total. The van der Waals surface area contributed by atoms with Crippen molar-refractivity contribution in [2.75, 3.05) is 7.11 Å². The van der Waals surface area contributed by atoms with E-state index in [4.69, 9.17) is 9.47 Å². The van der Waals surface area contributed by atoms with Crippen molar-refractivity contribution < 1.29 is 14.3 Å². The van der Waals surface area contributed by atoms with Gasteiger partial charge in [0, 0.05) is 17.3 Å². The van der Waals surface area contributed by atoms with E-state index in [0.717, 1.165) is 28.0 Å². The Labute approximate surface area is 147 Å². The lowest BCUT2D eigenvalue weighted by Crippen LogP contribution is -2.06. The Balaban J connectivity index is 1.88.